The van der Waals surface area contributed by atoms with Crippen molar-refractivity contribution in [3.63, 3.8) is 0 Å². The summed E-state index contributed by atoms with van der Waals surface area (Å²) in [6.07, 6.45) is 1.50. The Morgan fingerprint density at radius 1 is 0.771 bits per heavy atom. The van der Waals surface area contributed by atoms with Gasteiger partial charge >= 0.3 is 6.09 Å². The van der Waals surface area contributed by atoms with Gasteiger partial charge in [-0.1, -0.05) is 42.5 Å². The van der Waals surface area contributed by atoms with E-state index in [-0.39, 0.29) is 16.9 Å². The molecule has 0 bridgehead atoms. The van der Waals surface area contributed by atoms with Gasteiger partial charge in [0.25, 0.3) is 0 Å². The Balaban J connectivity index is 1.55. The predicted octanol–water partition coefficient (Wildman–Crippen LogP) is 5.86. The Bertz CT molecular complexity index is 1410. The first kappa shape index (κ1) is 23.3. The lowest BCUT2D eigenvalue weighted by molar-refractivity contribution is -0.115. The standard InChI is InChI=1S/C27H20FN3O4/c28-22-7-2-1-6-21(22)19-8-9-23(31-27(34)35)24(15-19)30-26(33)16-25(32)20-5-3-4-18(14-20)17-10-12-29-13-11-17/h1-15,31H,16H2,(H,30,33)(H,34,35). The van der Waals surface area contributed by atoms with Gasteiger partial charge in [-0.25, -0.2) is 9.18 Å². The number of anilines is 2. The zero-order valence-corrected chi connectivity index (χ0v) is 18.4. The molecule has 0 aliphatic carbocycles. The Morgan fingerprint density at radius 3 is 2.29 bits per heavy atom. The third kappa shape index (κ3) is 5.75. The molecule has 0 unspecified atom stereocenters. The van der Waals surface area contributed by atoms with Crippen LogP contribution in [0.1, 0.15) is 16.8 Å². The first-order valence-corrected chi connectivity index (χ1v) is 10.6. The molecule has 7 nitrogen and oxygen atoms in total. The summed E-state index contributed by atoms with van der Waals surface area (Å²) in [6, 6.07) is 21.0. The molecule has 174 valence electrons. The van der Waals surface area contributed by atoms with Crippen LogP contribution in [0, 0.1) is 5.82 Å². The molecule has 1 heterocycles. The van der Waals surface area contributed by atoms with E-state index in [4.69, 9.17) is 5.11 Å². The van der Waals surface area contributed by atoms with Crippen molar-refractivity contribution < 1.29 is 23.9 Å². The van der Waals surface area contributed by atoms with Crippen LogP contribution in [-0.2, 0) is 4.79 Å². The van der Waals surface area contributed by atoms with Crippen LogP contribution in [0.3, 0.4) is 0 Å². The van der Waals surface area contributed by atoms with Crippen molar-refractivity contribution in [1.29, 1.82) is 0 Å². The highest BCUT2D eigenvalue weighted by Gasteiger charge is 2.16. The van der Waals surface area contributed by atoms with Gasteiger partial charge in [0, 0.05) is 23.5 Å². The summed E-state index contributed by atoms with van der Waals surface area (Å²) in [5, 5.41) is 13.9. The van der Waals surface area contributed by atoms with E-state index in [0.29, 0.717) is 11.1 Å². The van der Waals surface area contributed by atoms with Gasteiger partial charge in [-0.05, 0) is 53.1 Å². The molecule has 0 aliphatic rings. The van der Waals surface area contributed by atoms with E-state index in [1.807, 2.05) is 18.2 Å². The largest absolute Gasteiger partial charge is 0.465 e. The zero-order valence-electron chi connectivity index (χ0n) is 18.4. The van der Waals surface area contributed by atoms with Crippen LogP contribution in [0.25, 0.3) is 22.3 Å². The average Bonchev–Trinajstić information content (AvgIpc) is 2.86. The number of halogens is 1. The number of nitrogens with one attached hydrogen (secondary N) is 2. The molecule has 3 N–H and O–H groups in total. The van der Waals surface area contributed by atoms with Crippen molar-refractivity contribution in [3.8, 4) is 22.3 Å². The molecule has 0 spiro atoms. The highest BCUT2D eigenvalue weighted by Crippen LogP contribution is 2.31. The van der Waals surface area contributed by atoms with Crippen molar-refractivity contribution in [2.45, 2.75) is 6.42 Å². The molecule has 0 aliphatic heterocycles. The van der Waals surface area contributed by atoms with Crippen LogP contribution in [0.4, 0.5) is 20.6 Å². The van der Waals surface area contributed by atoms with Crippen molar-refractivity contribution in [2.75, 3.05) is 10.6 Å². The number of carbonyl (C=O) groups is 3. The number of hydrogen-bond acceptors (Lipinski definition) is 4. The number of amides is 2. The van der Waals surface area contributed by atoms with E-state index in [0.717, 1.165) is 11.1 Å². The van der Waals surface area contributed by atoms with E-state index >= 15 is 0 Å². The number of carboxylic acid groups (broad SMARTS) is 1. The summed E-state index contributed by atoms with van der Waals surface area (Å²) >= 11 is 0. The van der Waals surface area contributed by atoms with E-state index in [1.54, 1.807) is 48.8 Å². The second-order valence-corrected chi connectivity index (χ2v) is 7.64. The first-order valence-electron chi connectivity index (χ1n) is 10.6. The minimum Gasteiger partial charge on any atom is -0.465 e. The summed E-state index contributed by atoms with van der Waals surface area (Å²) in [4.78, 5) is 40.7. The number of ketones is 1. The first-order chi connectivity index (χ1) is 16.9. The summed E-state index contributed by atoms with van der Waals surface area (Å²) in [5.41, 5.74) is 2.98. The number of aromatic nitrogens is 1. The normalized spacial score (nSPS) is 10.4. The molecule has 4 aromatic rings. The van der Waals surface area contributed by atoms with Crippen molar-refractivity contribution in [1.82, 2.24) is 4.98 Å². The molecular formula is C27H20FN3O4. The molecule has 1 aromatic heterocycles. The van der Waals surface area contributed by atoms with Crippen molar-refractivity contribution in [3.05, 3.63) is 103 Å². The fraction of sp³-hybridized carbons (Fsp3) is 0.0370. The Morgan fingerprint density at radius 2 is 1.54 bits per heavy atom. The van der Waals surface area contributed by atoms with Gasteiger partial charge in [0.1, 0.15) is 5.82 Å². The quantitative estimate of drug-likeness (QED) is 0.232. The molecule has 0 saturated carbocycles. The molecule has 0 atom stereocenters. The molecule has 3 aromatic carbocycles. The number of benzene rings is 3. The number of Topliss-reactive ketones (excluding diaryl/α,β-unsaturated/α-hetero) is 1. The molecule has 0 radical (unpaired) electrons. The van der Waals surface area contributed by atoms with Crippen LogP contribution in [0.5, 0.6) is 0 Å². The lowest BCUT2D eigenvalue weighted by Crippen LogP contribution is -2.18. The fourth-order valence-corrected chi connectivity index (χ4v) is 3.59. The van der Waals surface area contributed by atoms with Crippen LogP contribution in [0.15, 0.2) is 91.3 Å². The number of pyridine rings is 1. The van der Waals surface area contributed by atoms with Gasteiger partial charge in [0.2, 0.25) is 5.91 Å². The minimum atomic E-state index is -1.33. The van der Waals surface area contributed by atoms with Gasteiger partial charge in [-0.2, -0.15) is 0 Å². The number of hydrogen-bond donors (Lipinski definition) is 3. The van der Waals surface area contributed by atoms with E-state index in [9.17, 15) is 18.8 Å². The van der Waals surface area contributed by atoms with Gasteiger partial charge in [0.05, 0.1) is 17.8 Å². The second kappa shape index (κ2) is 10.4. The highest BCUT2D eigenvalue weighted by molar-refractivity contribution is 6.12. The van der Waals surface area contributed by atoms with Gasteiger partial charge < -0.3 is 10.4 Å². The summed E-state index contributed by atoms with van der Waals surface area (Å²) in [7, 11) is 0. The van der Waals surface area contributed by atoms with Gasteiger partial charge in [0.15, 0.2) is 5.78 Å². The maximum Gasteiger partial charge on any atom is 0.409 e. The minimum absolute atomic E-state index is 0.0954. The highest BCUT2D eigenvalue weighted by atomic mass is 19.1. The van der Waals surface area contributed by atoms with E-state index < -0.39 is 30.0 Å². The lowest BCUT2D eigenvalue weighted by Gasteiger charge is -2.13. The maximum absolute atomic E-state index is 14.2. The Labute approximate surface area is 200 Å². The smallest absolute Gasteiger partial charge is 0.409 e. The van der Waals surface area contributed by atoms with Crippen molar-refractivity contribution >= 4 is 29.2 Å². The van der Waals surface area contributed by atoms with Crippen LogP contribution in [0.2, 0.25) is 0 Å². The van der Waals surface area contributed by atoms with Crippen LogP contribution in [-0.4, -0.2) is 27.9 Å². The third-order valence-electron chi connectivity index (χ3n) is 5.24. The monoisotopic (exact) mass is 469 g/mol. The fourth-order valence-electron chi connectivity index (χ4n) is 3.59. The maximum atomic E-state index is 14.2. The van der Waals surface area contributed by atoms with Crippen molar-refractivity contribution in [2.24, 2.45) is 0 Å². The van der Waals surface area contributed by atoms with Crippen LogP contribution < -0.4 is 10.6 Å². The topological polar surface area (TPSA) is 108 Å². The zero-order chi connectivity index (χ0) is 24.8. The molecule has 4 rings (SSSR count). The Hall–Kier alpha value is -4.85. The molecule has 0 fully saturated rings. The van der Waals surface area contributed by atoms with Crippen LogP contribution >= 0.6 is 0 Å². The number of nitrogens with zero attached hydrogens (tertiary/aromatic N) is 1. The number of rotatable bonds is 7. The number of carbonyl (C=O) groups excluding carboxylic acids is 2. The summed E-state index contributed by atoms with van der Waals surface area (Å²) < 4.78 is 14.2. The summed E-state index contributed by atoms with van der Waals surface area (Å²) in [6.45, 7) is 0. The third-order valence-corrected chi connectivity index (χ3v) is 5.24. The SMILES string of the molecule is O=C(O)Nc1ccc(-c2ccccc2F)cc1NC(=O)CC(=O)c1cccc(-c2ccncc2)c1. The molecular weight excluding hydrogens is 449 g/mol. The average molecular weight is 469 g/mol. The molecule has 35 heavy (non-hydrogen) atoms. The van der Waals surface area contributed by atoms with Gasteiger partial charge in [-0.15, -0.1) is 0 Å². The van der Waals surface area contributed by atoms with Gasteiger partial charge in [-0.3, -0.25) is 19.9 Å². The second-order valence-electron chi connectivity index (χ2n) is 7.64. The molecule has 2 amide bonds. The summed E-state index contributed by atoms with van der Waals surface area (Å²) in [5.74, 6) is -1.51. The lowest BCUT2D eigenvalue weighted by atomic mass is 10.0. The predicted molar refractivity (Wildman–Crippen MR) is 131 cm³/mol. The van der Waals surface area contributed by atoms with E-state index in [1.165, 1.54) is 24.3 Å². The molecule has 0 saturated heterocycles. The van der Waals surface area contributed by atoms with E-state index in [2.05, 4.69) is 15.6 Å². The molecule has 8 heteroatoms. The Kier molecular flexibility index (Phi) is 6.92.